The summed E-state index contributed by atoms with van der Waals surface area (Å²) in [6.45, 7) is 7.61. The Morgan fingerprint density at radius 1 is 1.47 bits per heavy atom. The van der Waals surface area contributed by atoms with E-state index >= 15 is 0 Å². The van der Waals surface area contributed by atoms with Crippen LogP contribution in [0, 0.1) is 0 Å². The van der Waals surface area contributed by atoms with Gasteiger partial charge in [-0.3, -0.25) is 0 Å². The first-order valence-corrected chi connectivity index (χ1v) is 5.72. The lowest BCUT2D eigenvalue weighted by Crippen LogP contribution is -2.28. The Morgan fingerprint density at radius 2 is 2.12 bits per heavy atom. The van der Waals surface area contributed by atoms with Gasteiger partial charge in [0.1, 0.15) is 0 Å². The molecule has 0 saturated heterocycles. The molecule has 7 heteroatoms. The van der Waals surface area contributed by atoms with E-state index < -0.39 is 5.97 Å². The molecule has 96 valence electrons. The van der Waals surface area contributed by atoms with E-state index in [1.54, 1.807) is 4.68 Å². The number of hydrogen-bond donors (Lipinski definition) is 2. The van der Waals surface area contributed by atoms with Crippen LogP contribution in [-0.2, 0) is 13.1 Å². The summed E-state index contributed by atoms with van der Waals surface area (Å²) in [5, 5.41) is 16.4. The molecule has 1 rings (SSSR count). The lowest BCUT2D eigenvalue weighted by atomic mass is 10.3. The summed E-state index contributed by atoms with van der Waals surface area (Å²) in [6.07, 6.45) is 0. The number of carbonyl (C=O) groups is 1. The smallest absolute Gasteiger partial charge is 0.358 e. The molecule has 0 saturated carbocycles. The Bertz CT molecular complexity index is 373. The fourth-order valence-corrected chi connectivity index (χ4v) is 1.66. The quantitative estimate of drug-likeness (QED) is 0.684. The molecule has 0 aliphatic rings. The Morgan fingerprint density at radius 3 is 2.59 bits per heavy atom. The van der Waals surface area contributed by atoms with Crippen molar-refractivity contribution in [2.75, 3.05) is 19.6 Å². The van der Waals surface area contributed by atoms with Gasteiger partial charge in [0.25, 0.3) is 0 Å². The van der Waals surface area contributed by atoms with Crippen LogP contribution in [0.3, 0.4) is 0 Å². The zero-order chi connectivity index (χ0) is 12.8. The van der Waals surface area contributed by atoms with Gasteiger partial charge in [0, 0.05) is 13.1 Å². The predicted octanol–water partition coefficient (Wildman–Crippen LogP) is -0.223. The Kier molecular flexibility index (Phi) is 5.05. The van der Waals surface area contributed by atoms with Crippen LogP contribution in [0.15, 0.2) is 0 Å². The van der Waals surface area contributed by atoms with Crippen LogP contribution in [0.25, 0.3) is 0 Å². The molecular formula is C10H19N5O2. The molecule has 0 atom stereocenters. The molecule has 0 aliphatic carbocycles. The number of likely N-dealkylation sites (N-methyl/N-ethyl adjacent to an activating group) is 1. The van der Waals surface area contributed by atoms with Crippen molar-refractivity contribution in [1.29, 1.82) is 0 Å². The van der Waals surface area contributed by atoms with E-state index in [2.05, 4.69) is 29.1 Å². The van der Waals surface area contributed by atoms with E-state index in [1.165, 1.54) is 0 Å². The highest BCUT2D eigenvalue weighted by Crippen LogP contribution is 2.04. The first-order chi connectivity index (χ1) is 8.13. The van der Waals surface area contributed by atoms with Crippen molar-refractivity contribution < 1.29 is 9.90 Å². The minimum atomic E-state index is -1.08. The summed E-state index contributed by atoms with van der Waals surface area (Å²) in [7, 11) is 0. The van der Waals surface area contributed by atoms with Crippen LogP contribution in [0.1, 0.15) is 30.0 Å². The van der Waals surface area contributed by atoms with Crippen LogP contribution in [0.4, 0.5) is 0 Å². The monoisotopic (exact) mass is 241 g/mol. The van der Waals surface area contributed by atoms with E-state index in [9.17, 15) is 4.79 Å². The maximum absolute atomic E-state index is 10.9. The maximum atomic E-state index is 10.9. The highest BCUT2D eigenvalue weighted by Gasteiger charge is 2.17. The summed E-state index contributed by atoms with van der Waals surface area (Å²) in [5.41, 5.74) is 5.95. The van der Waals surface area contributed by atoms with Gasteiger partial charge >= 0.3 is 5.97 Å². The van der Waals surface area contributed by atoms with Gasteiger partial charge in [0.2, 0.25) is 0 Å². The van der Waals surface area contributed by atoms with Crippen molar-refractivity contribution in [3.63, 3.8) is 0 Å². The molecule has 0 bridgehead atoms. The molecule has 1 heterocycles. The number of rotatable bonds is 7. The second-order valence-electron chi connectivity index (χ2n) is 3.64. The summed E-state index contributed by atoms with van der Waals surface area (Å²) < 4.78 is 1.57. The SMILES string of the molecule is CCN(CC)CCn1nnc(C(=O)O)c1CN. The Hall–Kier alpha value is -1.47. The third-order valence-corrected chi connectivity index (χ3v) is 2.76. The molecule has 17 heavy (non-hydrogen) atoms. The van der Waals surface area contributed by atoms with Crippen LogP contribution in [-0.4, -0.2) is 50.6 Å². The summed E-state index contributed by atoms with van der Waals surface area (Å²) >= 11 is 0. The van der Waals surface area contributed by atoms with E-state index in [4.69, 9.17) is 10.8 Å². The molecule has 1 aromatic rings. The molecule has 0 amide bonds. The number of carboxylic acids is 1. The van der Waals surface area contributed by atoms with Crippen LogP contribution < -0.4 is 5.73 Å². The van der Waals surface area contributed by atoms with Crippen LogP contribution in [0.2, 0.25) is 0 Å². The van der Waals surface area contributed by atoms with Crippen molar-refractivity contribution >= 4 is 5.97 Å². The number of aromatic carboxylic acids is 1. The topological polar surface area (TPSA) is 97.3 Å². The lowest BCUT2D eigenvalue weighted by molar-refractivity contribution is 0.0689. The van der Waals surface area contributed by atoms with Gasteiger partial charge in [0.05, 0.1) is 12.2 Å². The molecule has 0 aromatic carbocycles. The maximum Gasteiger partial charge on any atom is 0.358 e. The van der Waals surface area contributed by atoms with E-state index in [0.29, 0.717) is 12.2 Å². The van der Waals surface area contributed by atoms with E-state index in [-0.39, 0.29) is 12.2 Å². The fourth-order valence-electron chi connectivity index (χ4n) is 1.66. The number of hydrogen-bond acceptors (Lipinski definition) is 5. The molecular weight excluding hydrogens is 222 g/mol. The lowest BCUT2D eigenvalue weighted by Gasteiger charge is -2.17. The van der Waals surface area contributed by atoms with E-state index in [0.717, 1.165) is 19.6 Å². The molecule has 0 spiro atoms. The van der Waals surface area contributed by atoms with Crippen molar-refractivity contribution in [2.24, 2.45) is 5.73 Å². The molecule has 0 radical (unpaired) electrons. The fraction of sp³-hybridized carbons (Fsp3) is 0.700. The number of aromatic nitrogens is 3. The van der Waals surface area contributed by atoms with Gasteiger partial charge in [-0.1, -0.05) is 19.1 Å². The summed E-state index contributed by atoms with van der Waals surface area (Å²) in [4.78, 5) is 13.1. The Balaban J connectivity index is 2.74. The minimum absolute atomic E-state index is 0.0490. The van der Waals surface area contributed by atoms with Crippen molar-refractivity contribution in [2.45, 2.75) is 26.9 Å². The number of carboxylic acid groups (broad SMARTS) is 1. The largest absolute Gasteiger partial charge is 0.476 e. The average molecular weight is 241 g/mol. The van der Waals surface area contributed by atoms with Crippen molar-refractivity contribution in [3.8, 4) is 0 Å². The standard InChI is InChI=1S/C10H19N5O2/c1-3-14(4-2)5-6-15-8(7-11)9(10(16)17)12-13-15/h3-7,11H2,1-2H3,(H,16,17). The Labute approximate surface area is 100 Å². The second-order valence-corrected chi connectivity index (χ2v) is 3.64. The molecule has 0 fully saturated rings. The van der Waals surface area contributed by atoms with Crippen molar-refractivity contribution in [3.05, 3.63) is 11.4 Å². The second kappa shape index (κ2) is 6.31. The molecule has 7 nitrogen and oxygen atoms in total. The molecule has 0 unspecified atom stereocenters. The molecule has 1 aromatic heterocycles. The van der Waals surface area contributed by atoms with E-state index in [1.807, 2.05) is 0 Å². The van der Waals surface area contributed by atoms with Crippen LogP contribution >= 0.6 is 0 Å². The van der Waals surface area contributed by atoms with Gasteiger partial charge in [-0.2, -0.15) is 0 Å². The summed E-state index contributed by atoms with van der Waals surface area (Å²) in [6, 6.07) is 0. The zero-order valence-corrected chi connectivity index (χ0v) is 10.3. The average Bonchev–Trinajstić information content (AvgIpc) is 2.73. The first kappa shape index (κ1) is 13.6. The predicted molar refractivity (Wildman–Crippen MR) is 62.7 cm³/mol. The molecule has 0 aliphatic heterocycles. The van der Waals surface area contributed by atoms with Gasteiger partial charge < -0.3 is 15.7 Å². The highest BCUT2D eigenvalue weighted by molar-refractivity contribution is 5.86. The van der Waals surface area contributed by atoms with Crippen molar-refractivity contribution in [1.82, 2.24) is 19.9 Å². The first-order valence-electron chi connectivity index (χ1n) is 5.72. The van der Waals surface area contributed by atoms with Gasteiger partial charge in [-0.05, 0) is 13.1 Å². The zero-order valence-electron chi connectivity index (χ0n) is 10.3. The third kappa shape index (κ3) is 3.24. The number of nitrogens with two attached hydrogens (primary N) is 1. The normalized spacial score (nSPS) is 11.1. The van der Waals surface area contributed by atoms with Gasteiger partial charge in [0.15, 0.2) is 5.69 Å². The van der Waals surface area contributed by atoms with Gasteiger partial charge in [-0.25, -0.2) is 9.48 Å². The van der Waals surface area contributed by atoms with Gasteiger partial charge in [-0.15, -0.1) is 5.10 Å². The minimum Gasteiger partial charge on any atom is -0.476 e. The highest BCUT2D eigenvalue weighted by atomic mass is 16.4. The third-order valence-electron chi connectivity index (χ3n) is 2.76. The number of nitrogens with zero attached hydrogens (tertiary/aromatic N) is 4. The molecule has 3 N–H and O–H groups in total. The summed E-state index contributed by atoms with van der Waals surface area (Å²) in [5.74, 6) is -1.08. The van der Waals surface area contributed by atoms with Crippen LogP contribution in [0.5, 0.6) is 0 Å².